The van der Waals surface area contributed by atoms with Crippen LogP contribution in [0.5, 0.6) is 0 Å². The molecule has 2 heterocycles. The SMILES string of the molecule is O=[N+]([O-])c1cc(CN2CCC[C@@H](N3CCNCC3)C2)ccc1Cl. The van der Waals surface area contributed by atoms with Crippen molar-refractivity contribution in [2.45, 2.75) is 25.4 Å². The molecule has 1 aromatic rings. The first-order valence-electron chi connectivity index (χ1n) is 8.23. The van der Waals surface area contributed by atoms with Gasteiger partial charge in [0.15, 0.2) is 0 Å². The van der Waals surface area contributed by atoms with Crippen molar-refractivity contribution in [3.05, 3.63) is 38.9 Å². The van der Waals surface area contributed by atoms with Gasteiger partial charge in [-0.05, 0) is 31.0 Å². The molecule has 2 saturated heterocycles. The van der Waals surface area contributed by atoms with E-state index in [2.05, 4.69) is 15.1 Å². The van der Waals surface area contributed by atoms with Crippen molar-refractivity contribution in [1.82, 2.24) is 15.1 Å². The lowest BCUT2D eigenvalue weighted by molar-refractivity contribution is -0.384. The number of likely N-dealkylation sites (tertiary alicyclic amines) is 1. The van der Waals surface area contributed by atoms with E-state index in [-0.39, 0.29) is 10.7 Å². The summed E-state index contributed by atoms with van der Waals surface area (Å²) in [5.41, 5.74) is 0.960. The summed E-state index contributed by atoms with van der Waals surface area (Å²) >= 11 is 5.89. The maximum absolute atomic E-state index is 11.0. The number of halogens is 1. The fourth-order valence-corrected chi connectivity index (χ4v) is 3.76. The predicted molar refractivity (Wildman–Crippen MR) is 90.8 cm³/mol. The minimum absolute atomic E-state index is 0.000156. The van der Waals surface area contributed by atoms with Gasteiger partial charge in [-0.3, -0.25) is 19.9 Å². The molecule has 1 aromatic carbocycles. The summed E-state index contributed by atoms with van der Waals surface area (Å²) in [6.07, 6.45) is 2.43. The molecule has 3 rings (SSSR count). The second-order valence-electron chi connectivity index (χ2n) is 6.36. The van der Waals surface area contributed by atoms with Crippen LogP contribution < -0.4 is 5.32 Å². The third-order valence-corrected chi connectivity index (χ3v) is 5.08. The minimum atomic E-state index is -0.411. The minimum Gasteiger partial charge on any atom is -0.314 e. The first-order valence-corrected chi connectivity index (χ1v) is 8.61. The monoisotopic (exact) mass is 338 g/mol. The molecule has 0 aromatic heterocycles. The molecular formula is C16H23ClN4O2. The standard InChI is InChI=1S/C16H23ClN4O2/c17-15-4-3-13(10-16(15)21(22)23)11-19-7-1-2-14(12-19)20-8-5-18-6-9-20/h3-4,10,14,18H,1-2,5-9,11-12H2/t14-/m1/s1. The van der Waals surface area contributed by atoms with Crippen LogP contribution in [0.1, 0.15) is 18.4 Å². The highest BCUT2D eigenvalue weighted by Gasteiger charge is 2.26. The molecule has 1 N–H and O–H groups in total. The Labute approximate surface area is 141 Å². The van der Waals surface area contributed by atoms with Crippen LogP contribution in [0.25, 0.3) is 0 Å². The lowest BCUT2D eigenvalue weighted by atomic mass is 10.0. The summed E-state index contributed by atoms with van der Waals surface area (Å²) in [5.74, 6) is 0. The van der Waals surface area contributed by atoms with E-state index in [1.54, 1.807) is 12.1 Å². The maximum Gasteiger partial charge on any atom is 0.288 e. The summed E-state index contributed by atoms with van der Waals surface area (Å²) in [6, 6.07) is 5.74. The van der Waals surface area contributed by atoms with Crippen molar-refractivity contribution in [3.8, 4) is 0 Å². The molecule has 0 bridgehead atoms. The van der Waals surface area contributed by atoms with Gasteiger partial charge in [0.1, 0.15) is 5.02 Å². The van der Waals surface area contributed by atoms with Gasteiger partial charge < -0.3 is 5.32 Å². The Hall–Kier alpha value is -1.21. The number of benzene rings is 1. The third-order valence-electron chi connectivity index (χ3n) is 4.76. The molecule has 1 atom stereocenters. The quantitative estimate of drug-likeness (QED) is 0.673. The van der Waals surface area contributed by atoms with Gasteiger partial charge in [-0.25, -0.2) is 0 Å². The van der Waals surface area contributed by atoms with Crippen LogP contribution in [-0.4, -0.2) is 60.0 Å². The summed E-state index contributed by atoms with van der Waals surface area (Å²) in [6.45, 7) is 7.21. The molecule has 0 unspecified atom stereocenters. The van der Waals surface area contributed by atoms with Crippen molar-refractivity contribution in [2.24, 2.45) is 0 Å². The number of piperazine rings is 1. The van der Waals surface area contributed by atoms with Gasteiger partial charge in [-0.15, -0.1) is 0 Å². The highest BCUT2D eigenvalue weighted by molar-refractivity contribution is 6.32. The molecule has 0 saturated carbocycles. The Balaban J connectivity index is 1.63. The number of rotatable bonds is 4. The summed E-state index contributed by atoms with van der Waals surface area (Å²) < 4.78 is 0. The van der Waals surface area contributed by atoms with Gasteiger partial charge in [-0.2, -0.15) is 0 Å². The van der Waals surface area contributed by atoms with Gasteiger partial charge >= 0.3 is 0 Å². The van der Waals surface area contributed by atoms with Crippen LogP contribution in [0.2, 0.25) is 5.02 Å². The average Bonchev–Trinajstić information content (AvgIpc) is 2.57. The Morgan fingerprint density at radius 1 is 1.30 bits per heavy atom. The lowest BCUT2D eigenvalue weighted by Gasteiger charge is -2.41. The van der Waals surface area contributed by atoms with E-state index >= 15 is 0 Å². The third kappa shape index (κ3) is 4.20. The largest absolute Gasteiger partial charge is 0.314 e. The second-order valence-corrected chi connectivity index (χ2v) is 6.77. The van der Waals surface area contributed by atoms with Gasteiger partial charge in [0, 0.05) is 51.4 Å². The van der Waals surface area contributed by atoms with E-state index in [1.807, 2.05) is 6.07 Å². The zero-order chi connectivity index (χ0) is 16.2. The fourth-order valence-electron chi connectivity index (χ4n) is 3.57. The number of nitro groups is 1. The first kappa shape index (κ1) is 16.6. The van der Waals surface area contributed by atoms with Gasteiger partial charge in [0.05, 0.1) is 4.92 Å². The molecule has 6 nitrogen and oxygen atoms in total. The Kier molecular flexibility index (Phi) is 5.48. The van der Waals surface area contributed by atoms with Crippen LogP contribution >= 0.6 is 11.6 Å². The van der Waals surface area contributed by atoms with Crippen LogP contribution in [0.15, 0.2) is 18.2 Å². The summed E-state index contributed by atoms with van der Waals surface area (Å²) in [7, 11) is 0. The van der Waals surface area contributed by atoms with Gasteiger partial charge in [0.2, 0.25) is 0 Å². The number of hydrogen-bond donors (Lipinski definition) is 1. The number of nitrogens with one attached hydrogen (secondary N) is 1. The van der Waals surface area contributed by atoms with Crippen LogP contribution in [0, 0.1) is 10.1 Å². The smallest absolute Gasteiger partial charge is 0.288 e. The number of nitrogens with zero attached hydrogens (tertiary/aromatic N) is 3. The Morgan fingerprint density at radius 3 is 2.83 bits per heavy atom. The molecule has 0 aliphatic carbocycles. The normalized spacial score (nSPS) is 23.8. The highest BCUT2D eigenvalue weighted by atomic mass is 35.5. The molecule has 0 amide bonds. The molecule has 126 valence electrons. The van der Waals surface area contributed by atoms with E-state index in [1.165, 1.54) is 12.8 Å². The predicted octanol–water partition coefficient (Wildman–Crippen LogP) is 2.12. The number of nitro benzene ring substituents is 1. The molecular weight excluding hydrogens is 316 g/mol. The van der Waals surface area contributed by atoms with Gasteiger partial charge in [-0.1, -0.05) is 17.7 Å². The topological polar surface area (TPSA) is 61.7 Å². The van der Waals surface area contributed by atoms with Crippen LogP contribution in [0.3, 0.4) is 0 Å². The van der Waals surface area contributed by atoms with E-state index in [0.717, 1.165) is 51.4 Å². The van der Waals surface area contributed by atoms with Crippen molar-refractivity contribution >= 4 is 17.3 Å². The summed E-state index contributed by atoms with van der Waals surface area (Å²) in [5, 5.41) is 14.6. The zero-order valence-electron chi connectivity index (χ0n) is 13.2. The van der Waals surface area contributed by atoms with E-state index < -0.39 is 4.92 Å². The number of piperidine rings is 1. The molecule has 2 fully saturated rings. The number of hydrogen-bond acceptors (Lipinski definition) is 5. The van der Waals surface area contributed by atoms with Crippen molar-refractivity contribution in [2.75, 3.05) is 39.3 Å². The van der Waals surface area contributed by atoms with E-state index in [4.69, 9.17) is 11.6 Å². The van der Waals surface area contributed by atoms with E-state index in [0.29, 0.717) is 6.04 Å². The van der Waals surface area contributed by atoms with Crippen LogP contribution in [0.4, 0.5) is 5.69 Å². The van der Waals surface area contributed by atoms with Crippen molar-refractivity contribution < 1.29 is 4.92 Å². The molecule has 7 heteroatoms. The first-order chi connectivity index (χ1) is 11.1. The highest BCUT2D eigenvalue weighted by Crippen LogP contribution is 2.26. The Morgan fingerprint density at radius 2 is 2.09 bits per heavy atom. The zero-order valence-corrected chi connectivity index (χ0v) is 14.0. The lowest BCUT2D eigenvalue weighted by Crippen LogP contribution is -2.53. The van der Waals surface area contributed by atoms with Gasteiger partial charge in [0.25, 0.3) is 5.69 Å². The maximum atomic E-state index is 11.0. The Bertz CT molecular complexity index is 563. The average molecular weight is 339 g/mol. The van der Waals surface area contributed by atoms with E-state index in [9.17, 15) is 10.1 Å². The molecule has 0 spiro atoms. The van der Waals surface area contributed by atoms with Crippen molar-refractivity contribution in [1.29, 1.82) is 0 Å². The summed E-state index contributed by atoms with van der Waals surface area (Å²) in [4.78, 5) is 15.6. The van der Waals surface area contributed by atoms with Crippen molar-refractivity contribution in [3.63, 3.8) is 0 Å². The molecule has 23 heavy (non-hydrogen) atoms. The molecule has 0 radical (unpaired) electrons. The van der Waals surface area contributed by atoms with Crippen LogP contribution in [-0.2, 0) is 6.54 Å². The molecule has 2 aliphatic rings. The fraction of sp³-hybridized carbons (Fsp3) is 0.625. The molecule has 2 aliphatic heterocycles. The second kappa shape index (κ2) is 7.57.